The third kappa shape index (κ3) is 3.61. The average molecular weight is 463 g/mol. The molecule has 0 aliphatic carbocycles. The zero-order valence-electron chi connectivity index (χ0n) is 19.1. The second kappa shape index (κ2) is 8.29. The SMILES string of the molecule is C1=C(c2ccccc2)c2nc1nc1cncc(c1)c1nc(nc3cncc2c3)C=C1c1ccccc1. The molecular weight excluding hydrogens is 444 g/mol. The fourth-order valence-electron chi connectivity index (χ4n) is 4.54. The highest BCUT2D eigenvalue weighted by atomic mass is 14.9. The summed E-state index contributed by atoms with van der Waals surface area (Å²) in [5.41, 5.74) is 7.15. The molecular formula is C30H18N6. The molecule has 2 aromatic carbocycles. The molecule has 8 bridgehead atoms. The first-order chi connectivity index (χ1) is 17.8. The maximum Gasteiger partial charge on any atom is 0.153 e. The summed E-state index contributed by atoms with van der Waals surface area (Å²) >= 11 is 0. The van der Waals surface area contributed by atoms with Gasteiger partial charge < -0.3 is 0 Å². The molecule has 2 aliphatic rings. The van der Waals surface area contributed by atoms with Crippen LogP contribution in [0.15, 0.2) is 97.6 Å². The highest BCUT2D eigenvalue weighted by Crippen LogP contribution is 2.32. The topological polar surface area (TPSA) is 77.3 Å². The Kier molecular flexibility index (Phi) is 4.67. The summed E-state index contributed by atoms with van der Waals surface area (Å²) in [5, 5.41) is 1.74. The third-order valence-corrected chi connectivity index (χ3v) is 6.16. The lowest BCUT2D eigenvalue weighted by Gasteiger charge is -2.03. The van der Waals surface area contributed by atoms with E-state index in [2.05, 4.69) is 34.2 Å². The predicted molar refractivity (Wildman–Crippen MR) is 141 cm³/mol. The Labute approximate surface area is 206 Å². The Hall–Kier alpha value is -5.10. The summed E-state index contributed by atoms with van der Waals surface area (Å²) in [4.78, 5) is 28.4. The lowest BCUT2D eigenvalue weighted by atomic mass is 10.0. The van der Waals surface area contributed by atoms with Gasteiger partial charge in [-0.05, 0) is 35.4 Å². The minimum absolute atomic E-state index is 0.613. The van der Waals surface area contributed by atoms with E-state index in [4.69, 9.17) is 19.9 Å². The number of rotatable bonds is 2. The molecule has 0 saturated carbocycles. The molecule has 0 unspecified atom stereocenters. The Morgan fingerprint density at radius 2 is 0.889 bits per heavy atom. The number of pyridine rings is 2. The molecule has 6 nitrogen and oxygen atoms in total. The van der Waals surface area contributed by atoms with E-state index in [1.54, 1.807) is 12.4 Å². The number of nitrogens with zero attached hydrogens (tertiary/aromatic N) is 6. The molecule has 3 aromatic heterocycles. The average Bonchev–Trinajstić information content (AvgIpc) is 3.54. The zero-order valence-corrected chi connectivity index (χ0v) is 19.1. The van der Waals surface area contributed by atoms with E-state index < -0.39 is 0 Å². The van der Waals surface area contributed by atoms with Crippen molar-refractivity contribution in [3.8, 4) is 0 Å². The van der Waals surface area contributed by atoms with Gasteiger partial charge in [0.2, 0.25) is 0 Å². The van der Waals surface area contributed by atoms with Gasteiger partial charge in [0.15, 0.2) is 11.6 Å². The van der Waals surface area contributed by atoms with Gasteiger partial charge in [-0.3, -0.25) is 9.97 Å². The summed E-state index contributed by atoms with van der Waals surface area (Å²) in [5.74, 6) is 1.23. The van der Waals surface area contributed by atoms with Crippen LogP contribution in [0.3, 0.4) is 0 Å². The molecule has 168 valence electrons. The zero-order chi connectivity index (χ0) is 23.9. The highest BCUT2D eigenvalue weighted by molar-refractivity contribution is 5.99. The molecule has 0 fully saturated rings. The van der Waals surface area contributed by atoms with Gasteiger partial charge in [0.25, 0.3) is 0 Å². The first-order valence-electron chi connectivity index (χ1n) is 11.6. The van der Waals surface area contributed by atoms with Crippen molar-refractivity contribution in [3.05, 3.63) is 132 Å². The van der Waals surface area contributed by atoms with Crippen molar-refractivity contribution in [3.63, 3.8) is 0 Å². The van der Waals surface area contributed by atoms with Gasteiger partial charge in [0.1, 0.15) is 0 Å². The standard InChI is InChI=1S/C30H18N6/c1-3-7-19(8-4-1)25-13-27-33-24-12-22(16-32-18-24)30-26(20-9-5-2-6-10-20)14-28(36-30)34-23-11-21(15-31-17-23)29(25)35-27/h1-18H. The molecule has 5 aromatic rings. The monoisotopic (exact) mass is 462 g/mol. The number of hydrogen-bond acceptors (Lipinski definition) is 6. The number of hydrogen-bond donors (Lipinski definition) is 0. The van der Waals surface area contributed by atoms with Crippen LogP contribution in [-0.2, 0) is 0 Å². The predicted octanol–water partition coefficient (Wildman–Crippen LogP) is 5.85. The Morgan fingerprint density at radius 3 is 1.33 bits per heavy atom. The normalized spacial score (nSPS) is 12.8. The Balaban J connectivity index is 1.56. The largest absolute Gasteiger partial charge is 0.262 e. The first kappa shape index (κ1) is 20.3. The number of aromatic nitrogens is 6. The fraction of sp³-hybridized carbons (Fsp3) is 0. The van der Waals surface area contributed by atoms with E-state index in [-0.39, 0.29) is 0 Å². The van der Waals surface area contributed by atoms with Gasteiger partial charge in [-0.1, -0.05) is 60.7 Å². The molecule has 0 amide bonds. The molecule has 0 N–H and O–H groups in total. The van der Waals surface area contributed by atoms with Crippen LogP contribution in [0.1, 0.15) is 34.2 Å². The van der Waals surface area contributed by atoms with Crippen LogP contribution in [-0.4, -0.2) is 29.9 Å². The van der Waals surface area contributed by atoms with E-state index in [0.29, 0.717) is 22.7 Å². The highest BCUT2D eigenvalue weighted by Gasteiger charge is 2.17. The summed E-state index contributed by atoms with van der Waals surface area (Å²) in [6.45, 7) is 0. The molecule has 0 saturated heterocycles. The van der Waals surface area contributed by atoms with Crippen LogP contribution in [0.4, 0.5) is 0 Å². The second-order valence-corrected chi connectivity index (χ2v) is 8.57. The maximum atomic E-state index is 4.89. The quantitative estimate of drug-likeness (QED) is 0.321. The summed E-state index contributed by atoms with van der Waals surface area (Å²) in [7, 11) is 0. The maximum absolute atomic E-state index is 4.89. The van der Waals surface area contributed by atoms with Gasteiger partial charge in [-0.2, -0.15) is 0 Å². The molecule has 0 spiro atoms. The van der Waals surface area contributed by atoms with Crippen molar-refractivity contribution >= 4 is 45.1 Å². The fourth-order valence-corrected chi connectivity index (χ4v) is 4.54. The van der Waals surface area contributed by atoms with Gasteiger partial charge >= 0.3 is 0 Å². The van der Waals surface area contributed by atoms with Gasteiger partial charge in [-0.25, -0.2) is 19.9 Å². The molecule has 5 heterocycles. The third-order valence-electron chi connectivity index (χ3n) is 6.16. The number of benzene rings is 2. The van der Waals surface area contributed by atoms with Gasteiger partial charge in [0.05, 0.1) is 34.8 Å². The molecule has 2 aliphatic heterocycles. The van der Waals surface area contributed by atoms with E-state index >= 15 is 0 Å². The Bertz CT molecular complexity index is 1690. The van der Waals surface area contributed by atoms with E-state index in [1.165, 1.54) is 0 Å². The lowest BCUT2D eigenvalue weighted by molar-refractivity contribution is 1.18. The summed E-state index contributed by atoms with van der Waals surface area (Å²) < 4.78 is 0. The van der Waals surface area contributed by atoms with Crippen molar-refractivity contribution in [2.24, 2.45) is 0 Å². The van der Waals surface area contributed by atoms with Gasteiger partial charge in [0, 0.05) is 34.3 Å². The van der Waals surface area contributed by atoms with E-state index in [9.17, 15) is 0 Å². The first-order valence-corrected chi connectivity index (χ1v) is 11.6. The van der Waals surface area contributed by atoms with Crippen molar-refractivity contribution < 1.29 is 0 Å². The summed E-state index contributed by atoms with van der Waals surface area (Å²) in [6.07, 6.45) is 11.1. The van der Waals surface area contributed by atoms with Crippen molar-refractivity contribution in [1.82, 2.24) is 29.9 Å². The van der Waals surface area contributed by atoms with Crippen molar-refractivity contribution in [1.29, 1.82) is 0 Å². The van der Waals surface area contributed by atoms with E-state index in [0.717, 1.165) is 44.4 Å². The molecule has 7 rings (SSSR count). The van der Waals surface area contributed by atoms with Crippen LogP contribution in [0, 0.1) is 0 Å². The van der Waals surface area contributed by atoms with Crippen LogP contribution in [0.5, 0.6) is 0 Å². The van der Waals surface area contributed by atoms with E-state index in [1.807, 2.05) is 73.1 Å². The van der Waals surface area contributed by atoms with Gasteiger partial charge in [-0.15, -0.1) is 0 Å². The number of fused-ring (bicyclic) bond motifs is 10. The van der Waals surface area contributed by atoms with Crippen molar-refractivity contribution in [2.75, 3.05) is 0 Å². The van der Waals surface area contributed by atoms with Crippen LogP contribution in [0.25, 0.3) is 45.1 Å². The Morgan fingerprint density at radius 1 is 0.444 bits per heavy atom. The lowest BCUT2D eigenvalue weighted by Crippen LogP contribution is -1.89. The molecule has 0 radical (unpaired) electrons. The molecule has 0 atom stereocenters. The minimum Gasteiger partial charge on any atom is -0.262 e. The van der Waals surface area contributed by atoms with Crippen molar-refractivity contribution in [2.45, 2.75) is 0 Å². The van der Waals surface area contributed by atoms with Crippen LogP contribution in [0.2, 0.25) is 0 Å². The second-order valence-electron chi connectivity index (χ2n) is 8.57. The van der Waals surface area contributed by atoms with Crippen LogP contribution >= 0.6 is 0 Å². The van der Waals surface area contributed by atoms with Crippen LogP contribution < -0.4 is 0 Å². The summed E-state index contributed by atoms with van der Waals surface area (Å²) in [6, 6.07) is 24.4. The smallest absolute Gasteiger partial charge is 0.153 e. The molecule has 6 heteroatoms. The minimum atomic E-state index is 0.613. The molecule has 36 heavy (non-hydrogen) atoms.